The molecule has 0 saturated carbocycles. The molecule has 1 aromatic carbocycles. The quantitative estimate of drug-likeness (QED) is 0.455. The molecule has 2 aliphatic rings. The molecule has 0 spiro atoms. The summed E-state index contributed by atoms with van der Waals surface area (Å²) in [6, 6.07) is 5.13. The van der Waals surface area contributed by atoms with E-state index in [9.17, 15) is 19.2 Å². The van der Waals surface area contributed by atoms with Crippen molar-refractivity contribution in [1.82, 2.24) is 14.7 Å². The molecule has 3 rings (SSSR count). The van der Waals surface area contributed by atoms with Gasteiger partial charge in [-0.25, -0.2) is 0 Å². The van der Waals surface area contributed by atoms with E-state index in [1.165, 1.54) is 7.11 Å². The summed E-state index contributed by atoms with van der Waals surface area (Å²) >= 11 is 0. The molecule has 9 nitrogen and oxygen atoms in total. The minimum atomic E-state index is -0.303. The van der Waals surface area contributed by atoms with Crippen LogP contribution in [-0.4, -0.2) is 84.8 Å². The van der Waals surface area contributed by atoms with E-state index in [-0.39, 0.29) is 43.0 Å². The number of imide groups is 1. The van der Waals surface area contributed by atoms with Crippen molar-refractivity contribution in [2.45, 2.75) is 32.6 Å². The first-order valence-electron chi connectivity index (χ1n) is 10.7. The minimum absolute atomic E-state index is 0.143. The standard InChI is InChI=1S/C22H29N3O6/c1-3-4-13-31-17-6-5-16(14-18(17)30-2)22(29)24-11-9-23(10-12-24)21(28)15-25-19(26)7-8-20(25)27/h5-6,14H,3-4,7-13,15H2,1-2H3. The molecule has 31 heavy (non-hydrogen) atoms. The maximum atomic E-state index is 12.9. The zero-order chi connectivity index (χ0) is 22.4. The van der Waals surface area contributed by atoms with E-state index in [1.54, 1.807) is 28.0 Å². The van der Waals surface area contributed by atoms with Gasteiger partial charge in [-0.2, -0.15) is 0 Å². The van der Waals surface area contributed by atoms with Crippen molar-refractivity contribution in [1.29, 1.82) is 0 Å². The smallest absolute Gasteiger partial charge is 0.254 e. The normalized spacial score (nSPS) is 16.6. The second-order valence-electron chi connectivity index (χ2n) is 7.61. The maximum absolute atomic E-state index is 12.9. The van der Waals surface area contributed by atoms with Crippen LogP contribution < -0.4 is 9.47 Å². The zero-order valence-electron chi connectivity index (χ0n) is 18.1. The summed E-state index contributed by atoms with van der Waals surface area (Å²) in [5.41, 5.74) is 0.493. The molecular weight excluding hydrogens is 402 g/mol. The summed E-state index contributed by atoms with van der Waals surface area (Å²) in [7, 11) is 1.54. The summed E-state index contributed by atoms with van der Waals surface area (Å²) in [6.07, 6.45) is 2.30. The number of likely N-dealkylation sites (tertiary alicyclic amines) is 1. The third kappa shape index (κ3) is 5.34. The van der Waals surface area contributed by atoms with Gasteiger partial charge >= 0.3 is 0 Å². The molecule has 0 atom stereocenters. The number of piperazine rings is 1. The number of benzene rings is 1. The number of methoxy groups -OCH3 is 1. The molecule has 0 aliphatic carbocycles. The fourth-order valence-corrected chi connectivity index (χ4v) is 3.62. The molecule has 0 N–H and O–H groups in total. The average molecular weight is 431 g/mol. The lowest BCUT2D eigenvalue weighted by Crippen LogP contribution is -2.53. The Hall–Kier alpha value is -3.10. The zero-order valence-corrected chi connectivity index (χ0v) is 18.1. The number of hydrogen-bond acceptors (Lipinski definition) is 6. The van der Waals surface area contributed by atoms with Crippen LogP contribution in [0.15, 0.2) is 18.2 Å². The molecule has 2 aliphatic heterocycles. The highest BCUT2D eigenvalue weighted by molar-refractivity contribution is 6.04. The topological polar surface area (TPSA) is 96.5 Å². The van der Waals surface area contributed by atoms with E-state index in [0.29, 0.717) is 49.8 Å². The van der Waals surface area contributed by atoms with Gasteiger partial charge in [-0.1, -0.05) is 13.3 Å². The molecule has 9 heteroatoms. The fourth-order valence-electron chi connectivity index (χ4n) is 3.62. The van der Waals surface area contributed by atoms with Gasteiger partial charge in [-0.05, 0) is 24.6 Å². The summed E-state index contributed by atoms with van der Waals surface area (Å²) in [5.74, 6) is 0.0949. The number of carbonyl (C=O) groups excluding carboxylic acids is 4. The predicted molar refractivity (Wildman–Crippen MR) is 112 cm³/mol. The number of hydrogen-bond donors (Lipinski definition) is 0. The van der Waals surface area contributed by atoms with Crippen LogP contribution in [-0.2, 0) is 14.4 Å². The molecular formula is C22H29N3O6. The lowest BCUT2D eigenvalue weighted by Gasteiger charge is -2.35. The van der Waals surface area contributed by atoms with E-state index in [0.717, 1.165) is 17.7 Å². The van der Waals surface area contributed by atoms with Gasteiger partial charge in [0.15, 0.2) is 11.5 Å². The van der Waals surface area contributed by atoms with Crippen LogP contribution in [0.2, 0.25) is 0 Å². The van der Waals surface area contributed by atoms with E-state index in [1.807, 2.05) is 0 Å². The van der Waals surface area contributed by atoms with Gasteiger partial charge in [0.05, 0.1) is 13.7 Å². The highest BCUT2D eigenvalue weighted by Gasteiger charge is 2.33. The Labute approximate surface area is 181 Å². The Morgan fingerprint density at radius 3 is 2.23 bits per heavy atom. The number of rotatable bonds is 8. The van der Waals surface area contributed by atoms with Crippen LogP contribution >= 0.6 is 0 Å². The third-order valence-corrected chi connectivity index (χ3v) is 5.53. The Kier molecular flexibility index (Phi) is 7.49. The largest absolute Gasteiger partial charge is 0.493 e. The fraction of sp³-hybridized carbons (Fsp3) is 0.545. The monoisotopic (exact) mass is 431 g/mol. The van der Waals surface area contributed by atoms with Gasteiger partial charge in [-0.3, -0.25) is 24.1 Å². The van der Waals surface area contributed by atoms with Crippen LogP contribution in [0.5, 0.6) is 11.5 Å². The number of amides is 4. The van der Waals surface area contributed by atoms with Gasteiger partial charge in [-0.15, -0.1) is 0 Å². The highest BCUT2D eigenvalue weighted by atomic mass is 16.5. The lowest BCUT2D eigenvalue weighted by atomic mass is 10.1. The van der Waals surface area contributed by atoms with Crippen molar-refractivity contribution < 1.29 is 28.7 Å². The Bertz CT molecular complexity index is 832. The minimum Gasteiger partial charge on any atom is -0.493 e. The van der Waals surface area contributed by atoms with Crippen LogP contribution in [0.3, 0.4) is 0 Å². The average Bonchev–Trinajstić information content (AvgIpc) is 3.11. The first-order valence-corrected chi connectivity index (χ1v) is 10.7. The van der Waals surface area contributed by atoms with E-state index < -0.39 is 0 Å². The van der Waals surface area contributed by atoms with Crippen molar-refractivity contribution in [2.75, 3.05) is 46.4 Å². The maximum Gasteiger partial charge on any atom is 0.254 e. The van der Waals surface area contributed by atoms with Gasteiger partial charge in [0.1, 0.15) is 6.54 Å². The molecule has 2 heterocycles. The first-order chi connectivity index (χ1) is 14.9. The highest BCUT2D eigenvalue weighted by Crippen LogP contribution is 2.29. The van der Waals surface area contributed by atoms with Crippen LogP contribution in [0, 0.1) is 0 Å². The van der Waals surface area contributed by atoms with Crippen molar-refractivity contribution in [3.05, 3.63) is 23.8 Å². The lowest BCUT2D eigenvalue weighted by molar-refractivity contribution is -0.146. The van der Waals surface area contributed by atoms with Crippen molar-refractivity contribution in [3.8, 4) is 11.5 Å². The Morgan fingerprint density at radius 1 is 0.968 bits per heavy atom. The predicted octanol–water partition coefficient (Wildman–Crippen LogP) is 1.31. The second-order valence-corrected chi connectivity index (χ2v) is 7.61. The van der Waals surface area contributed by atoms with Crippen LogP contribution in [0.4, 0.5) is 0 Å². The summed E-state index contributed by atoms with van der Waals surface area (Å²) in [4.78, 5) is 53.1. The molecule has 0 aromatic heterocycles. The van der Waals surface area contributed by atoms with Gasteiger partial charge in [0, 0.05) is 44.6 Å². The van der Waals surface area contributed by atoms with E-state index >= 15 is 0 Å². The van der Waals surface area contributed by atoms with Crippen molar-refractivity contribution in [2.24, 2.45) is 0 Å². The number of nitrogens with zero attached hydrogens (tertiary/aromatic N) is 3. The van der Waals surface area contributed by atoms with E-state index in [2.05, 4.69) is 6.92 Å². The molecule has 0 radical (unpaired) electrons. The Morgan fingerprint density at radius 2 is 1.61 bits per heavy atom. The third-order valence-electron chi connectivity index (χ3n) is 5.53. The molecule has 0 unspecified atom stereocenters. The molecule has 1 aromatic rings. The molecule has 0 bridgehead atoms. The summed E-state index contributed by atoms with van der Waals surface area (Å²) < 4.78 is 11.1. The molecule has 2 saturated heterocycles. The molecule has 2 fully saturated rings. The van der Waals surface area contributed by atoms with E-state index in [4.69, 9.17) is 9.47 Å². The SMILES string of the molecule is CCCCOc1ccc(C(=O)N2CCN(C(=O)CN3C(=O)CCC3=O)CC2)cc1OC. The van der Waals surface area contributed by atoms with Crippen LogP contribution in [0.1, 0.15) is 43.0 Å². The molecule has 4 amide bonds. The van der Waals surface area contributed by atoms with Gasteiger partial charge < -0.3 is 19.3 Å². The number of ether oxygens (including phenoxy) is 2. The van der Waals surface area contributed by atoms with Crippen molar-refractivity contribution in [3.63, 3.8) is 0 Å². The van der Waals surface area contributed by atoms with Gasteiger partial charge in [0.2, 0.25) is 17.7 Å². The Balaban J connectivity index is 1.55. The number of unbranched alkanes of at least 4 members (excludes halogenated alkanes) is 1. The summed E-state index contributed by atoms with van der Waals surface area (Å²) in [6.45, 7) is 3.92. The van der Waals surface area contributed by atoms with Crippen molar-refractivity contribution >= 4 is 23.6 Å². The number of carbonyl (C=O) groups is 4. The van der Waals surface area contributed by atoms with Gasteiger partial charge in [0.25, 0.3) is 5.91 Å². The summed E-state index contributed by atoms with van der Waals surface area (Å²) in [5, 5.41) is 0. The second kappa shape index (κ2) is 10.3. The first kappa shape index (κ1) is 22.6. The van der Waals surface area contributed by atoms with Crippen LogP contribution in [0.25, 0.3) is 0 Å². The molecule has 168 valence electrons.